The molecule has 17 heteroatoms. The van der Waals surface area contributed by atoms with Crippen LogP contribution in [-0.4, -0.2) is 125 Å². The standard InChI is InChI=1S/C20H23NO4.C15H15NO2S.C14H23NO.C8H9NO2.C6H5NO2/c22-13-4-3-12-9-15-20(24)6-5-14(23)18-19(20,16(12)17(13)25-18)7-8-21(15)10-11-1-2-11;16-14(17)11-19(18)15(12-7-3-1-4-8-12)13-9-5-2-6-10-13;1-5-14(11(2)10-15(3)4)12-7-6-8-13(16)9-12;1-6(10)9-7-2-4-8(11)5-3-7;8-6(9)5-2-1-3-7-4-5/h3-4,11,15,18,22,24H,1-2,5-10H2;1-10,15H,11H2,(H2,16,17);6-9,11,14,16H,5,10H2,1-4H3;2-5,11H,1H3,(H,9,10);1-4H,(H,8,9)/t15-,18+,19+,20-;;11-,14+;;/m1.0../s1. The Morgan fingerprint density at radius 2 is 1.51 bits per heavy atom. The topological polar surface area (TPSA) is 253 Å². The quantitative estimate of drug-likeness (QED) is 0.0504. The zero-order valence-corrected chi connectivity index (χ0v) is 46.9. The summed E-state index contributed by atoms with van der Waals surface area (Å²) in [5.74, 6) is 1.34. The normalized spacial score (nSPS) is 21.1. The number of hydrogen-bond acceptors (Lipinski definition) is 13. The number of phenols is 3. The van der Waals surface area contributed by atoms with Crippen molar-refractivity contribution in [3.8, 4) is 23.0 Å². The SMILES string of the molecule is CC(=O)Nc1ccc(O)cc1.CC[C@@H](c1cccc(O)c1)[C@@H](C)CN(C)C.NC(=O)CS(=O)C(c1ccccc1)c1ccccc1.O=C(O)c1cccnc1.O=C1CC[C@@]2(O)[C@H]3Cc4ccc(O)c5c4[C@@]2(CCN3CC2CC2)[C@H]1O5. The maximum atomic E-state index is 12.7. The molecule has 1 unspecified atom stereocenters. The summed E-state index contributed by atoms with van der Waals surface area (Å²) in [7, 11) is 2.84. The summed E-state index contributed by atoms with van der Waals surface area (Å²) < 4.78 is 18.4. The lowest BCUT2D eigenvalue weighted by Gasteiger charge is -2.62. The van der Waals surface area contributed by atoms with Gasteiger partial charge in [-0.2, -0.15) is 0 Å². The van der Waals surface area contributed by atoms with Crippen molar-refractivity contribution in [3.05, 3.63) is 179 Å². The van der Waals surface area contributed by atoms with Crippen LogP contribution in [0, 0.1) is 11.8 Å². The molecular formula is C63H75N5O11S. The first-order valence-electron chi connectivity index (χ1n) is 27.2. The fourth-order valence-electron chi connectivity index (χ4n) is 11.9. The van der Waals surface area contributed by atoms with Crippen LogP contribution in [0.4, 0.5) is 5.69 Å². The highest BCUT2D eigenvalue weighted by Crippen LogP contribution is 2.65. The first kappa shape index (κ1) is 60.2. The number of carbonyl (C=O) groups is 4. The van der Waals surface area contributed by atoms with Gasteiger partial charge >= 0.3 is 5.97 Å². The predicted molar refractivity (Wildman–Crippen MR) is 309 cm³/mol. The van der Waals surface area contributed by atoms with Crippen LogP contribution in [0.5, 0.6) is 23.0 Å². The molecule has 424 valence electrons. The van der Waals surface area contributed by atoms with Gasteiger partial charge in [0.15, 0.2) is 23.4 Å². The van der Waals surface area contributed by atoms with E-state index in [-0.39, 0.29) is 45.8 Å². The molecule has 3 aliphatic carbocycles. The van der Waals surface area contributed by atoms with Crippen LogP contribution >= 0.6 is 0 Å². The van der Waals surface area contributed by atoms with E-state index in [1.807, 2.05) is 78.9 Å². The van der Waals surface area contributed by atoms with E-state index in [1.165, 1.54) is 55.9 Å². The maximum Gasteiger partial charge on any atom is 0.337 e. The lowest BCUT2D eigenvalue weighted by atomic mass is 9.49. The molecule has 6 aromatic rings. The minimum absolute atomic E-state index is 0.0454. The maximum absolute atomic E-state index is 12.7. The summed E-state index contributed by atoms with van der Waals surface area (Å²) in [5, 5.41) is 51.3. The fraction of sp³-hybridized carbons (Fsp3) is 0.381. The van der Waals surface area contributed by atoms with Gasteiger partial charge in [-0.1, -0.05) is 92.7 Å². The minimum atomic E-state index is -1.36. The van der Waals surface area contributed by atoms with Gasteiger partial charge in [0.25, 0.3) is 0 Å². The van der Waals surface area contributed by atoms with Crippen LogP contribution in [0.1, 0.15) is 109 Å². The third kappa shape index (κ3) is 14.5. The molecule has 2 bridgehead atoms. The van der Waals surface area contributed by atoms with Crippen molar-refractivity contribution in [1.82, 2.24) is 14.8 Å². The van der Waals surface area contributed by atoms with Gasteiger partial charge in [-0.25, -0.2) is 4.79 Å². The Balaban J connectivity index is 0.000000152. The molecule has 5 aromatic carbocycles. The van der Waals surface area contributed by atoms with E-state index in [9.17, 15) is 38.7 Å². The number of benzene rings is 5. The highest BCUT2D eigenvalue weighted by Gasteiger charge is 2.73. The van der Waals surface area contributed by atoms with E-state index >= 15 is 0 Å². The number of aromatic hydroxyl groups is 3. The summed E-state index contributed by atoms with van der Waals surface area (Å²) in [6.45, 7) is 8.95. The monoisotopic (exact) mass is 1110 g/mol. The molecule has 2 aliphatic heterocycles. The number of carboxylic acids is 1. The molecule has 3 heterocycles. The smallest absolute Gasteiger partial charge is 0.337 e. The highest BCUT2D eigenvalue weighted by atomic mass is 32.2. The molecule has 1 saturated heterocycles. The van der Waals surface area contributed by atoms with E-state index in [0.29, 0.717) is 41.9 Å². The number of nitrogens with two attached hydrogens (primary N) is 1. The number of hydrogen-bond donors (Lipinski definition) is 7. The lowest BCUT2D eigenvalue weighted by molar-refractivity contribution is -0.188. The Bertz CT molecular complexity index is 3040. The number of pyridine rings is 1. The minimum Gasteiger partial charge on any atom is -0.508 e. The third-order valence-corrected chi connectivity index (χ3v) is 17.1. The Morgan fingerprint density at radius 3 is 2.05 bits per heavy atom. The van der Waals surface area contributed by atoms with Crippen LogP contribution in [-0.2, 0) is 37.0 Å². The lowest BCUT2D eigenvalue weighted by Crippen LogP contribution is -2.76. The molecular weight excluding hydrogens is 1030 g/mol. The zero-order chi connectivity index (χ0) is 57.7. The number of rotatable bonds is 14. The number of aliphatic hydroxyl groups is 1. The van der Waals surface area contributed by atoms with Crippen LogP contribution in [0.3, 0.4) is 0 Å². The van der Waals surface area contributed by atoms with Gasteiger partial charge in [-0.3, -0.25) is 28.5 Å². The van der Waals surface area contributed by atoms with Crippen LogP contribution < -0.4 is 15.8 Å². The van der Waals surface area contributed by atoms with Gasteiger partial charge in [0, 0.05) is 66.9 Å². The molecule has 16 nitrogen and oxygen atoms in total. The van der Waals surface area contributed by atoms with Crippen molar-refractivity contribution in [2.75, 3.05) is 44.8 Å². The largest absolute Gasteiger partial charge is 0.508 e. The van der Waals surface area contributed by atoms with E-state index in [4.69, 9.17) is 20.7 Å². The first-order chi connectivity index (χ1) is 38.3. The summed E-state index contributed by atoms with van der Waals surface area (Å²) >= 11 is 0. The van der Waals surface area contributed by atoms with Gasteiger partial charge in [0.2, 0.25) is 11.8 Å². The van der Waals surface area contributed by atoms with Gasteiger partial charge in [-0.05, 0) is 154 Å². The molecule has 11 rings (SSSR count). The number of ketones is 1. The molecule has 5 aliphatic rings. The second-order valence-corrected chi connectivity index (χ2v) is 23.1. The van der Waals surface area contributed by atoms with Crippen molar-refractivity contribution >= 4 is 40.1 Å². The molecule has 2 amide bonds. The van der Waals surface area contributed by atoms with Crippen LogP contribution in [0.25, 0.3) is 0 Å². The number of phenolic OH excluding ortho intramolecular Hbond substituents is 3. The van der Waals surface area contributed by atoms with Gasteiger partial charge in [0.1, 0.15) is 17.3 Å². The number of Topliss-reactive ketones (excluding diaryl/α,β-unsaturated/α-hetero) is 1. The summed E-state index contributed by atoms with van der Waals surface area (Å²) in [5.41, 5.74) is 9.61. The van der Waals surface area contributed by atoms with Gasteiger partial charge < -0.3 is 46.2 Å². The molecule has 80 heavy (non-hydrogen) atoms. The highest BCUT2D eigenvalue weighted by molar-refractivity contribution is 7.86. The Morgan fingerprint density at radius 1 is 0.863 bits per heavy atom. The number of anilines is 1. The van der Waals surface area contributed by atoms with Gasteiger partial charge in [0.05, 0.1) is 21.8 Å². The molecule has 0 radical (unpaired) electrons. The second kappa shape index (κ2) is 27.1. The van der Waals surface area contributed by atoms with Gasteiger partial charge in [-0.15, -0.1) is 0 Å². The second-order valence-electron chi connectivity index (χ2n) is 21.5. The summed E-state index contributed by atoms with van der Waals surface area (Å²) in [6, 6.07) is 39.8. The molecule has 7 atom stereocenters. The van der Waals surface area contributed by atoms with E-state index in [0.717, 1.165) is 67.1 Å². The van der Waals surface area contributed by atoms with E-state index in [2.05, 4.69) is 54.1 Å². The average Bonchev–Trinajstić information content (AvgIpc) is 4.38. The molecule has 1 spiro atoms. The van der Waals surface area contributed by atoms with Crippen LogP contribution in [0.15, 0.2) is 146 Å². The summed E-state index contributed by atoms with van der Waals surface area (Å²) in [6.07, 6.45) is 8.28. The number of amides is 2. The number of nitrogens with zero attached hydrogens (tertiary/aromatic N) is 3. The number of ether oxygens (including phenoxy) is 1. The van der Waals surface area contributed by atoms with Crippen LogP contribution in [0.2, 0.25) is 0 Å². The number of carbonyl (C=O) groups excluding carboxylic acids is 3. The van der Waals surface area contributed by atoms with Crippen molar-refractivity contribution in [2.45, 2.75) is 100 Å². The Kier molecular flexibility index (Phi) is 20.4. The summed E-state index contributed by atoms with van der Waals surface area (Å²) in [4.78, 5) is 52.7. The predicted octanol–water partition coefficient (Wildman–Crippen LogP) is 8.75. The van der Waals surface area contributed by atoms with Crippen molar-refractivity contribution in [3.63, 3.8) is 0 Å². The molecule has 8 N–H and O–H groups in total. The number of aromatic carboxylic acids is 1. The van der Waals surface area contributed by atoms with E-state index < -0.39 is 39.8 Å². The number of likely N-dealkylation sites (tertiary alicyclic amines) is 1. The number of aromatic nitrogens is 1. The Labute approximate surface area is 471 Å². The molecule has 3 fully saturated rings. The average molecular weight is 1110 g/mol. The zero-order valence-electron chi connectivity index (χ0n) is 46.1. The molecule has 1 aromatic heterocycles. The van der Waals surface area contributed by atoms with Crippen molar-refractivity contribution in [2.24, 2.45) is 17.6 Å². The number of primary amides is 1. The first-order valence-corrected chi connectivity index (χ1v) is 28.5. The number of piperidine rings is 1. The van der Waals surface area contributed by atoms with Crippen molar-refractivity contribution in [1.29, 1.82) is 0 Å². The Hall–Kier alpha value is -7.44. The third-order valence-electron chi connectivity index (χ3n) is 15.5. The van der Waals surface area contributed by atoms with Crippen molar-refractivity contribution < 1.29 is 53.7 Å². The number of nitrogens with one attached hydrogen (secondary N) is 1. The fourth-order valence-corrected chi connectivity index (χ4v) is 13.3. The van der Waals surface area contributed by atoms with E-state index in [1.54, 1.807) is 30.3 Å². The molecule has 2 saturated carbocycles. The number of carboxylic acid groups (broad SMARTS) is 1.